The van der Waals surface area contributed by atoms with Crippen LogP contribution in [0, 0.1) is 0 Å². The first-order valence-corrected chi connectivity index (χ1v) is 5.73. The van der Waals surface area contributed by atoms with Gasteiger partial charge in [-0.2, -0.15) is 0 Å². The number of aliphatic imine (C=N–C) groups is 1. The summed E-state index contributed by atoms with van der Waals surface area (Å²) in [5.41, 5.74) is 5.82. The third-order valence-corrected chi connectivity index (χ3v) is 2.52. The van der Waals surface area contributed by atoms with Crippen molar-refractivity contribution in [1.82, 2.24) is 0 Å². The minimum absolute atomic E-state index is 0.0998. The largest absolute Gasteiger partial charge is 0.497 e. The van der Waals surface area contributed by atoms with Gasteiger partial charge in [-0.05, 0) is 17.7 Å². The van der Waals surface area contributed by atoms with Crippen molar-refractivity contribution in [3.8, 4) is 5.75 Å². The first-order chi connectivity index (χ1) is 9.49. The Morgan fingerprint density at radius 3 is 2.65 bits per heavy atom. The molecule has 3 N–H and O–H groups in total. The fourth-order valence-electron chi connectivity index (χ4n) is 1.46. The molecule has 0 heterocycles. The Hall–Kier alpha value is -2.41. The lowest BCUT2D eigenvalue weighted by molar-refractivity contribution is -0.139. The van der Waals surface area contributed by atoms with Gasteiger partial charge in [0.2, 0.25) is 0 Å². The second-order valence-electron chi connectivity index (χ2n) is 3.86. The summed E-state index contributed by atoms with van der Waals surface area (Å²) >= 11 is 0. The van der Waals surface area contributed by atoms with Crippen LogP contribution in [0.25, 0.3) is 0 Å². The van der Waals surface area contributed by atoms with Crippen LogP contribution < -0.4 is 10.5 Å². The van der Waals surface area contributed by atoms with Gasteiger partial charge in [0.25, 0.3) is 0 Å². The molecule has 1 aromatic rings. The molecule has 1 aromatic carbocycles. The third-order valence-electron chi connectivity index (χ3n) is 2.52. The van der Waals surface area contributed by atoms with Crippen molar-refractivity contribution in [3.63, 3.8) is 0 Å². The molecule has 0 spiro atoms. The van der Waals surface area contributed by atoms with Crippen LogP contribution in [0.4, 0.5) is 0 Å². The number of hydrogen-bond acceptors (Lipinski definition) is 6. The molecular formula is C13H16N2O5. The number of rotatable bonds is 6. The molecule has 1 rings (SSSR count). The van der Waals surface area contributed by atoms with Gasteiger partial charge in [0.15, 0.2) is 6.04 Å². The van der Waals surface area contributed by atoms with Crippen LogP contribution in [0.3, 0.4) is 0 Å². The monoisotopic (exact) mass is 280 g/mol. The van der Waals surface area contributed by atoms with Crippen molar-refractivity contribution >= 4 is 17.7 Å². The minimum atomic E-state index is -1.52. The van der Waals surface area contributed by atoms with Crippen molar-refractivity contribution in [2.24, 2.45) is 10.7 Å². The summed E-state index contributed by atoms with van der Waals surface area (Å²) in [5, 5.41) is 8.84. The fourth-order valence-corrected chi connectivity index (χ4v) is 1.46. The van der Waals surface area contributed by atoms with Crippen LogP contribution in [0.15, 0.2) is 29.3 Å². The second-order valence-corrected chi connectivity index (χ2v) is 3.86. The van der Waals surface area contributed by atoms with Crippen LogP contribution in [0.2, 0.25) is 0 Å². The minimum Gasteiger partial charge on any atom is -0.497 e. The van der Waals surface area contributed by atoms with E-state index in [0.717, 1.165) is 12.7 Å². The standard InChI is InChI=1S/C13H16N2O5/c1-19-9-5-3-4-8(6-9)7-15-11(13(18)20-2)10(14)12(16)17/h3-6,10H,7,14H2,1-2H3,(H,16,17). The van der Waals surface area contributed by atoms with Gasteiger partial charge in [-0.15, -0.1) is 0 Å². The van der Waals surface area contributed by atoms with Gasteiger partial charge in [-0.3, -0.25) is 9.79 Å². The first kappa shape index (κ1) is 15.6. The Morgan fingerprint density at radius 1 is 1.40 bits per heavy atom. The number of carbonyl (C=O) groups is 2. The lowest BCUT2D eigenvalue weighted by Gasteiger charge is -2.09. The average molecular weight is 280 g/mol. The summed E-state index contributed by atoms with van der Waals surface area (Å²) in [4.78, 5) is 26.3. The molecule has 0 bridgehead atoms. The molecule has 0 aliphatic rings. The van der Waals surface area contributed by atoms with E-state index >= 15 is 0 Å². The number of carboxylic acids is 1. The topological polar surface area (TPSA) is 111 Å². The van der Waals surface area contributed by atoms with E-state index in [4.69, 9.17) is 15.6 Å². The Balaban J connectivity index is 2.96. The first-order valence-electron chi connectivity index (χ1n) is 5.73. The molecule has 7 heteroatoms. The summed E-state index contributed by atoms with van der Waals surface area (Å²) in [7, 11) is 2.67. The highest BCUT2D eigenvalue weighted by molar-refractivity contribution is 6.42. The molecule has 0 saturated heterocycles. The number of carboxylic acid groups (broad SMARTS) is 1. The number of nitrogens with zero attached hydrogens (tertiary/aromatic N) is 1. The number of carbonyl (C=O) groups excluding carboxylic acids is 1. The molecule has 0 saturated carbocycles. The van der Waals surface area contributed by atoms with Gasteiger partial charge in [-0.1, -0.05) is 12.1 Å². The summed E-state index contributed by atoms with van der Waals surface area (Å²) in [5.74, 6) is -1.57. The molecular weight excluding hydrogens is 264 g/mol. The van der Waals surface area contributed by atoms with Crippen molar-refractivity contribution in [1.29, 1.82) is 0 Å². The number of benzene rings is 1. The molecule has 0 aliphatic carbocycles. The highest BCUT2D eigenvalue weighted by Gasteiger charge is 2.26. The smallest absolute Gasteiger partial charge is 0.354 e. The third kappa shape index (κ3) is 4.06. The maximum absolute atomic E-state index is 11.5. The van der Waals surface area contributed by atoms with Gasteiger partial charge in [0.05, 0.1) is 20.8 Å². The summed E-state index contributed by atoms with van der Waals surface area (Å²) in [6.45, 7) is 0.0998. The molecule has 7 nitrogen and oxygen atoms in total. The van der Waals surface area contributed by atoms with E-state index in [9.17, 15) is 9.59 Å². The molecule has 0 fully saturated rings. The summed E-state index contributed by atoms with van der Waals surface area (Å²) in [6.07, 6.45) is 0. The number of esters is 1. The van der Waals surface area contributed by atoms with Gasteiger partial charge in [0, 0.05) is 0 Å². The molecule has 1 unspecified atom stereocenters. The van der Waals surface area contributed by atoms with Crippen molar-refractivity contribution < 1.29 is 24.2 Å². The maximum atomic E-state index is 11.5. The predicted octanol–water partition coefficient (Wildman–Crippen LogP) is 0.221. The van der Waals surface area contributed by atoms with Crippen molar-refractivity contribution in [2.75, 3.05) is 14.2 Å². The van der Waals surface area contributed by atoms with E-state index in [2.05, 4.69) is 9.73 Å². The zero-order valence-electron chi connectivity index (χ0n) is 11.2. The van der Waals surface area contributed by atoms with E-state index in [1.54, 1.807) is 24.3 Å². The quantitative estimate of drug-likeness (QED) is 0.569. The van der Waals surface area contributed by atoms with E-state index in [1.807, 2.05) is 0 Å². The number of aliphatic carboxylic acids is 1. The maximum Gasteiger partial charge on any atom is 0.354 e. The Bertz CT molecular complexity index is 527. The summed E-state index contributed by atoms with van der Waals surface area (Å²) in [6, 6.07) is 5.50. The molecule has 0 aliphatic heterocycles. The normalized spacial score (nSPS) is 12.7. The Kier molecular flexibility index (Phi) is 5.67. The van der Waals surface area contributed by atoms with Crippen LogP contribution in [0.5, 0.6) is 5.75 Å². The van der Waals surface area contributed by atoms with Gasteiger partial charge in [-0.25, -0.2) is 4.79 Å². The SMILES string of the molecule is COC(=O)C(=NCc1cccc(OC)c1)C(N)C(=O)O. The van der Waals surface area contributed by atoms with Crippen LogP contribution in [0.1, 0.15) is 5.56 Å². The summed E-state index contributed by atoms with van der Waals surface area (Å²) < 4.78 is 9.54. The second kappa shape index (κ2) is 7.25. The zero-order chi connectivity index (χ0) is 15.1. The molecule has 0 amide bonds. The number of hydrogen-bond donors (Lipinski definition) is 2. The van der Waals surface area contributed by atoms with Crippen LogP contribution in [-0.2, 0) is 20.9 Å². The zero-order valence-corrected chi connectivity index (χ0v) is 11.2. The molecule has 0 aromatic heterocycles. The van der Waals surface area contributed by atoms with Gasteiger partial charge < -0.3 is 20.3 Å². The lowest BCUT2D eigenvalue weighted by Crippen LogP contribution is -2.43. The Labute approximate surface area is 116 Å². The van der Waals surface area contributed by atoms with Crippen LogP contribution >= 0.6 is 0 Å². The van der Waals surface area contributed by atoms with Crippen molar-refractivity contribution in [3.05, 3.63) is 29.8 Å². The highest BCUT2D eigenvalue weighted by atomic mass is 16.5. The molecule has 20 heavy (non-hydrogen) atoms. The Morgan fingerprint density at radius 2 is 2.10 bits per heavy atom. The van der Waals surface area contributed by atoms with Gasteiger partial charge >= 0.3 is 11.9 Å². The van der Waals surface area contributed by atoms with E-state index in [-0.39, 0.29) is 12.3 Å². The van der Waals surface area contributed by atoms with E-state index in [1.165, 1.54) is 7.11 Å². The molecule has 0 radical (unpaired) electrons. The van der Waals surface area contributed by atoms with E-state index in [0.29, 0.717) is 5.75 Å². The molecule has 1 atom stereocenters. The van der Waals surface area contributed by atoms with Crippen molar-refractivity contribution in [2.45, 2.75) is 12.6 Å². The number of methoxy groups -OCH3 is 2. The predicted molar refractivity (Wildman–Crippen MR) is 71.8 cm³/mol. The molecule has 108 valence electrons. The number of ether oxygens (including phenoxy) is 2. The lowest BCUT2D eigenvalue weighted by atomic mass is 10.1. The number of nitrogens with two attached hydrogens (primary N) is 1. The van der Waals surface area contributed by atoms with Gasteiger partial charge in [0.1, 0.15) is 11.5 Å². The fraction of sp³-hybridized carbons (Fsp3) is 0.308. The average Bonchev–Trinajstić information content (AvgIpc) is 2.46. The highest BCUT2D eigenvalue weighted by Crippen LogP contribution is 2.13. The van der Waals surface area contributed by atoms with E-state index < -0.39 is 18.0 Å². The van der Waals surface area contributed by atoms with Crippen LogP contribution in [-0.4, -0.2) is 43.0 Å².